The Morgan fingerprint density at radius 3 is 2.74 bits per heavy atom. The zero-order chi connectivity index (χ0) is 14.0. The van der Waals surface area contributed by atoms with Crippen LogP contribution >= 0.6 is 0 Å². The smallest absolute Gasteiger partial charge is 0.380 e. The van der Waals surface area contributed by atoms with Gasteiger partial charge in [-0.1, -0.05) is 12.1 Å². The molecule has 0 aliphatic carbocycles. The lowest BCUT2D eigenvalue weighted by atomic mass is 10.0. The number of ether oxygens (including phenoxy) is 1. The molecule has 1 saturated heterocycles. The number of hydrogen-bond acceptors (Lipinski definition) is 3. The topological polar surface area (TPSA) is 38.3 Å². The first-order chi connectivity index (χ1) is 8.91. The van der Waals surface area contributed by atoms with Gasteiger partial charge in [-0.15, -0.1) is 0 Å². The molecule has 1 heterocycles. The van der Waals surface area contributed by atoms with E-state index in [2.05, 4.69) is 5.32 Å². The van der Waals surface area contributed by atoms with Crippen molar-refractivity contribution >= 4 is 5.78 Å². The van der Waals surface area contributed by atoms with E-state index >= 15 is 0 Å². The Hall–Kier alpha value is -1.40. The maximum Gasteiger partial charge on any atom is 0.416 e. The Kier molecular flexibility index (Phi) is 3.91. The molecule has 2 rings (SSSR count). The van der Waals surface area contributed by atoms with Crippen LogP contribution in [0, 0.1) is 0 Å². The predicted molar refractivity (Wildman–Crippen MR) is 63.0 cm³/mol. The van der Waals surface area contributed by atoms with Crippen molar-refractivity contribution in [2.75, 3.05) is 13.7 Å². The quantitative estimate of drug-likeness (QED) is 0.859. The van der Waals surface area contributed by atoms with E-state index < -0.39 is 17.8 Å². The molecular weight excluding hydrogens is 259 g/mol. The summed E-state index contributed by atoms with van der Waals surface area (Å²) >= 11 is 0. The lowest BCUT2D eigenvalue weighted by Gasteiger charge is -2.11. The van der Waals surface area contributed by atoms with Crippen LogP contribution in [0.15, 0.2) is 24.3 Å². The monoisotopic (exact) mass is 273 g/mol. The van der Waals surface area contributed by atoms with Crippen molar-refractivity contribution < 1.29 is 22.7 Å². The molecule has 2 atom stereocenters. The molecule has 1 aromatic carbocycles. The van der Waals surface area contributed by atoms with E-state index in [4.69, 9.17) is 4.74 Å². The number of Topliss-reactive ketones (excluding diaryl/α,β-unsaturated/α-hetero) is 1. The summed E-state index contributed by atoms with van der Waals surface area (Å²) in [6.07, 6.45) is -4.03. The van der Waals surface area contributed by atoms with Crippen LogP contribution in [0.1, 0.15) is 22.3 Å². The van der Waals surface area contributed by atoms with Crippen LogP contribution < -0.4 is 5.32 Å². The molecule has 1 N–H and O–H groups in total. The summed E-state index contributed by atoms with van der Waals surface area (Å²) in [7, 11) is 1.55. The van der Waals surface area contributed by atoms with Gasteiger partial charge in [0.1, 0.15) is 0 Å². The SMILES string of the molecule is COC1CNC(C(=O)c2cccc(C(F)(F)F)c2)C1. The minimum Gasteiger partial charge on any atom is -0.380 e. The highest BCUT2D eigenvalue weighted by atomic mass is 19.4. The molecule has 3 nitrogen and oxygen atoms in total. The Labute approximate surface area is 108 Å². The van der Waals surface area contributed by atoms with Crippen LogP contribution in [0.25, 0.3) is 0 Å². The van der Waals surface area contributed by atoms with Gasteiger partial charge >= 0.3 is 6.18 Å². The van der Waals surface area contributed by atoms with Gasteiger partial charge in [-0.2, -0.15) is 13.2 Å². The van der Waals surface area contributed by atoms with Crippen molar-refractivity contribution in [3.8, 4) is 0 Å². The molecular formula is C13H14F3NO2. The maximum atomic E-state index is 12.6. The Morgan fingerprint density at radius 1 is 1.42 bits per heavy atom. The number of halogens is 3. The van der Waals surface area contributed by atoms with Gasteiger partial charge in [0.15, 0.2) is 5.78 Å². The Bertz CT molecular complexity index is 473. The number of benzene rings is 1. The summed E-state index contributed by atoms with van der Waals surface area (Å²) in [5.74, 6) is -0.328. The molecule has 2 unspecified atom stereocenters. The highest BCUT2D eigenvalue weighted by Crippen LogP contribution is 2.30. The minimum atomic E-state index is -4.44. The van der Waals surface area contributed by atoms with Crippen molar-refractivity contribution in [1.82, 2.24) is 5.32 Å². The van der Waals surface area contributed by atoms with Crippen molar-refractivity contribution in [2.24, 2.45) is 0 Å². The van der Waals surface area contributed by atoms with Gasteiger partial charge in [-0.05, 0) is 18.6 Å². The first-order valence-corrected chi connectivity index (χ1v) is 5.89. The number of rotatable bonds is 3. The van der Waals surface area contributed by atoms with E-state index in [1.165, 1.54) is 12.1 Å². The summed E-state index contributed by atoms with van der Waals surface area (Å²) in [5.41, 5.74) is -0.733. The number of carbonyl (C=O) groups is 1. The van der Waals surface area contributed by atoms with E-state index in [-0.39, 0.29) is 17.5 Å². The van der Waals surface area contributed by atoms with E-state index in [9.17, 15) is 18.0 Å². The van der Waals surface area contributed by atoms with Crippen LogP contribution in [0.4, 0.5) is 13.2 Å². The molecule has 0 radical (unpaired) electrons. The lowest BCUT2D eigenvalue weighted by molar-refractivity contribution is -0.137. The molecule has 1 aromatic rings. The van der Waals surface area contributed by atoms with Crippen molar-refractivity contribution in [1.29, 1.82) is 0 Å². The fraction of sp³-hybridized carbons (Fsp3) is 0.462. The molecule has 0 spiro atoms. The van der Waals surface area contributed by atoms with Crippen molar-refractivity contribution in [3.63, 3.8) is 0 Å². The normalized spacial score (nSPS) is 23.6. The van der Waals surface area contributed by atoms with Crippen LogP contribution in [-0.2, 0) is 10.9 Å². The summed E-state index contributed by atoms with van der Waals surface area (Å²) < 4.78 is 42.8. The number of carbonyl (C=O) groups excluding carboxylic acids is 1. The second kappa shape index (κ2) is 5.30. The third kappa shape index (κ3) is 3.13. The maximum absolute atomic E-state index is 12.6. The fourth-order valence-electron chi connectivity index (χ4n) is 2.13. The summed E-state index contributed by atoms with van der Waals surface area (Å²) in [4.78, 5) is 12.1. The van der Waals surface area contributed by atoms with Gasteiger partial charge < -0.3 is 10.1 Å². The number of ketones is 1. The van der Waals surface area contributed by atoms with Gasteiger partial charge in [-0.3, -0.25) is 4.79 Å². The van der Waals surface area contributed by atoms with Crippen molar-refractivity contribution in [3.05, 3.63) is 35.4 Å². The first kappa shape index (κ1) is 14.0. The second-order valence-corrected chi connectivity index (χ2v) is 4.50. The summed E-state index contributed by atoms with van der Waals surface area (Å²) in [5, 5.41) is 2.96. The molecule has 0 saturated carbocycles. The van der Waals surface area contributed by atoms with E-state index in [1.54, 1.807) is 7.11 Å². The third-order valence-corrected chi connectivity index (χ3v) is 3.21. The Morgan fingerprint density at radius 2 is 2.16 bits per heavy atom. The standard InChI is InChI=1S/C13H14F3NO2/c1-19-10-6-11(17-7-10)12(18)8-3-2-4-9(5-8)13(14,15)16/h2-5,10-11,17H,6-7H2,1H3. The van der Waals surface area contributed by atoms with Gasteiger partial charge in [0.05, 0.1) is 17.7 Å². The second-order valence-electron chi connectivity index (χ2n) is 4.50. The molecule has 1 aliphatic rings. The van der Waals surface area contributed by atoms with Gasteiger partial charge in [-0.25, -0.2) is 0 Å². The minimum absolute atomic E-state index is 0.0697. The highest BCUT2D eigenvalue weighted by Gasteiger charge is 2.33. The van der Waals surface area contributed by atoms with Crippen LogP contribution in [0.3, 0.4) is 0 Å². The number of methoxy groups -OCH3 is 1. The first-order valence-electron chi connectivity index (χ1n) is 5.89. The van der Waals surface area contributed by atoms with Crippen LogP contribution in [0.5, 0.6) is 0 Å². The zero-order valence-corrected chi connectivity index (χ0v) is 10.3. The van der Waals surface area contributed by atoms with E-state index in [0.29, 0.717) is 13.0 Å². The predicted octanol–water partition coefficient (Wildman–Crippen LogP) is 2.26. The third-order valence-electron chi connectivity index (χ3n) is 3.21. The zero-order valence-electron chi connectivity index (χ0n) is 10.3. The van der Waals surface area contributed by atoms with Gasteiger partial charge in [0, 0.05) is 19.2 Å². The fourth-order valence-corrected chi connectivity index (χ4v) is 2.13. The Balaban J connectivity index is 2.16. The average molecular weight is 273 g/mol. The molecule has 104 valence electrons. The van der Waals surface area contributed by atoms with Gasteiger partial charge in [0.2, 0.25) is 0 Å². The molecule has 1 fully saturated rings. The molecule has 0 bridgehead atoms. The average Bonchev–Trinajstić information content (AvgIpc) is 2.86. The molecule has 19 heavy (non-hydrogen) atoms. The number of alkyl halides is 3. The highest BCUT2D eigenvalue weighted by molar-refractivity contribution is 6.00. The number of hydrogen-bond donors (Lipinski definition) is 1. The molecule has 6 heteroatoms. The molecule has 0 aromatic heterocycles. The van der Waals surface area contributed by atoms with Gasteiger partial charge in [0.25, 0.3) is 0 Å². The largest absolute Gasteiger partial charge is 0.416 e. The van der Waals surface area contributed by atoms with E-state index in [0.717, 1.165) is 12.1 Å². The van der Waals surface area contributed by atoms with Crippen molar-refractivity contribution in [2.45, 2.75) is 24.7 Å². The summed E-state index contributed by atoms with van der Waals surface area (Å²) in [6.45, 7) is 0.534. The van der Waals surface area contributed by atoms with Crippen LogP contribution in [-0.4, -0.2) is 31.6 Å². The van der Waals surface area contributed by atoms with E-state index in [1.807, 2.05) is 0 Å². The molecule has 1 aliphatic heterocycles. The summed E-state index contributed by atoms with van der Waals surface area (Å²) in [6, 6.07) is 4.02. The molecule has 0 amide bonds. The van der Waals surface area contributed by atoms with Crippen LogP contribution in [0.2, 0.25) is 0 Å². The number of nitrogens with one attached hydrogen (secondary N) is 1. The lowest BCUT2D eigenvalue weighted by Crippen LogP contribution is -2.30.